The molecule has 0 saturated carbocycles. The van der Waals surface area contributed by atoms with Gasteiger partial charge in [-0.05, 0) is 43.4 Å². The SMILES string of the molecule is CCOC(=O)c1ccc(N)c(N2CCC(C)(C)CC2)c1. The van der Waals surface area contributed by atoms with E-state index in [1.807, 2.05) is 13.0 Å². The van der Waals surface area contributed by atoms with Crippen LogP contribution in [0.1, 0.15) is 44.0 Å². The number of anilines is 2. The number of carbonyl (C=O) groups is 1. The maximum atomic E-state index is 11.8. The Morgan fingerprint density at radius 1 is 1.35 bits per heavy atom. The van der Waals surface area contributed by atoms with Gasteiger partial charge in [-0.3, -0.25) is 0 Å². The Labute approximate surface area is 120 Å². The molecule has 1 aromatic carbocycles. The molecular formula is C16H24N2O2. The molecule has 0 aromatic heterocycles. The highest BCUT2D eigenvalue weighted by molar-refractivity contribution is 5.92. The summed E-state index contributed by atoms with van der Waals surface area (Å²) < 4.78 is 5.04. The molecule has 1 heterocycles. The summed E-state index contributed by atoms with van der Waals surface area (Å²) in [6.45, 7) is 8.73. The standard InChI is InChI=1S/C16H24N2O2/c1-4-20-15(19)12-5-6-13(17)14(11-12)18-9-7-16(2,3)8-10-18/h5-6,11H,4,7-10,17H2,1-3H3. The Morgan fingerprint density at radius 2 is 2.00 bits per heavy atom. The summed E-state index contributed by atoms with van der Waals surface area (Å²) in [5.74, 6) is -0.286. The highest BCUT2D eigenvalue weighted by Crippen LogP contribution is 2.34. The summed E-state index contributed by atoms with van der Waals surface area (Å²) in [5, 5.41) is 0. The van der Waals surface area contributed by atoms with Crippen molar-refractivity contribution in [3.63, 3.8) is 0 Å². The van der Waals surface area contributed by atoms with E-state index in [9.17, 15) is 4.79 Å². The van der Waals surface area contributed by atoms with Gasteiger partial charge in [0, 0.05) is 13.1 Å². The second kappa shape index (κ2) is 5.73. The lowest BCUT2D eigenvalue weighted by Gasteiger charge is -2.38. The molecule has 20 heavy (non-hydrogen) atoms. The van der Waals surface area contributed by atoms with Gasteiger partial charge in [0.05, 0.1) is 23.5 Å². The molecule has 1 aliphatic rings. The molecule has 4 nitrogen and oxygen atoms in total. The van der Waals surface area contributed by atoms with Crippen LogP contribution in [0.4, 0.5) is 11.4 Å². The minimum atomic E-state index is -0.286. The maximum Gasteiger partial charge on any atom is 0.338 e. The van der Waals surface area contributed by atoms with Gasteiger partial charge in [0.25, 0.3) is 0 Å². The molecule has 1 aromatic rings. The van der Waals surface area contributed by atoms with Crippen molar-refractivity contribution < 1.29 is 9.53 Å². The van der Waals surface area contributed by atoms with E-state index in [0.29, 0.717) is 17.6 Å². The Balaban J connectivity index is 2.19. The molecule has 0 atom stereocenters. The summed E-state index contributed by atoms with van der Waals surface area (Å²) in [6.07, 6.45) is 2.27. The number of nitrogens with zero attached hydrogens (tertiary/aromatic N) is 1. The maximum absolute atomic E-state index is 11.8. The van der Waals surface area contributed by atoms with Crippen LogP contribution in [0.3, 0.4) is 0 Å². The van der Waals surface area contributed by atoms with Gasteiger partial charge in [-0.2, -0.15) is 0 Å². The van der Waals surface area contributed by atoms with Gasteiger partial charge < -0.3 is 15.4 Å². The largest absolute Gasteiger partial charge is 0.462 e. The van der Waals surface area contributed by atoms with Crippen LogP contribution in [0.2, 0.25) is 0 Å². The van der Waals surface area contributed by atoms with E-state index in [0.717, 1.165) is 37.3 Å². The summed E-state index contributed by atoms with van der Waals surface area (Å²) in [6, 6.07) is 5.37. The van der Waals surface area contributed by atoms with Crippen molar-refractivity contribution in [3.8, 4) is 0 Å². The van der Waals surface area contributed by atoms with Crippen LogP contribution in [0.5, 0.6) is 0 Å². The van der Waals surface area contributed by atoms with Crippen molar-refractivity contribution in [3.05, 3.63) is 23.8 Å². The topological polar surface area (TPSA) is 55.6 Å². The Hall–Kier alpha value is -1.71. The molecular weight excluding hydrogens is 252 g/mol. The molecule has 1 aliphatic heterocycles. The zero-order valence-electron chi connectivity index (χ0n) is 12.6. The summed E-state index contributed by atoms with van der Waals surface area (Å²) in [4.78, 5) is 14.1. The third-order valence-corrected chi connectivity index (χ3v) is 4.00. The molecule has 0 unspecified atom stereocenters. The monoisotopic (exact) mass is 276 g/mol. The second-order valence-corrected chi connectivity index (χ2v) is 6.15. The molecule has 2 rings (SSSR count). The number of nitrogen functional groups attached to an aromatic ring is 1. The predicted octanol–water partition coefficient (Wildman–Crippen LogP) is 3.07. The summed E-state index contributed by atoms with van der Waals surface area (Å²) in [7, 11) is 0. The van der Waals surface area contributed by atoms with E-state index in [-0.39, 0.29) is 5.97 Å². The second-order valence-electron chi connectivity index (χ2n) is 6.15. The zero-order valence-corrected chi connectivity index (χ0v) is 12.6. The van der Waals surface area contributed by atoms with Crippen LogP contribution in [-0.2, 0) is 4.74 Å². The average Bonchev–Trinajstić information content (AvgIpc) is 2.40. The van der Waals surface area contributed by atoms with Gasteiger partial charge in [0.15, 0.2) is 0 Å². The zero-order chi connectivity index (χ0) is 14.8. The molecule has 0 amide bonds. The van der Waals surface area contributed by atoms with E-state index in [1.54, 1.807) is 12.1 Å². The molecule has 2 N–H and O–H groups in total. The molecule has 1 fully saturated rings. The quantitative estimate of drug-likeness (QED) is 0.681. The van der Waals surface area contributed by atoms with Crippen LogP contribution in [0.15, 0.2) is 18.2 Å². The minimum Gasteiger partial charge on any atom is -0.462 e. The number of nitrogens with two attached hydrogens (primary N) is 1. The highest BCUT2D eigenvalue weighted by Gasteiger charge is 2.26. The lowest BCUT2D eigenvalue weighted by Crippen LogP contribution is -2.37. The van der Waals surface area contributed by atoms with E-state index in [4.69, 9.17) is 10.5 Å². The smallest absolute Gasteiger partial charge is 0.338 e. The van der Waals surface area contributed by atoms with Gasteiger partial charge in [0.1, 0.15) is 0 Å². The number of benzene rings is 1. The Bertz CT molecular complexity index is 487. The van der Waals surface area contributed by atoms with E-state index < -0.39 is 0 Å². The first-order valence-electron chi connectivity index (χ1n) is 7.24. The fourth-order valence-corrected chi connectivity index (χ4v) is 2.51. The Kier molecular flexibility index (Phi) is 4.21. The van der Waals surface area contributed by atoms with E-state index >= 15 is 0 Å². The predicted molar refractivity (Wildman–Crippen MR) is 82.0 cm³/mol. The van der Waals surface area contributed by atoms with Gasteiger partial charge in [-0.15, -0.1) is 0 Å². The van der Waals surface area contributed by atoms with Crippen molar-refractivity contribution in [2.45, 2.75) is 33.6 Å². The van der Waals surface area contributed by atoms with Crippen LogP contribution < -0.4 is 10.6 Å². The van der Waals surface area contributed by atoms with Gasteiger partial charge >= 0.3 is 5.97 Å². The van der Waals surface area contributed by atoms with Crippen molar-refractivity contribution in [1.29, 1.82) is 0 Å². The molecule has 4 heteroatoms. The van der Waals surface area contributed by atoms with Crippen LogP contribution in [0.25, 0.3) is 0 Å². The fraction of sp³-hybridized carbons (Fsp3) is 0.562. The number of rotatable bonds is 3. The highest BCUT2D eigenvalue weighted by atomic mass is 16.5. The summed E-state index contributed by atoms with van der Waals surface area (Å²) >= 11 is 0. The molecule has 110 valence electrons. The summed E-state index contributed by atoms with van der Waals surface area (Å²) in [5.41, 5.74) is 8.70. The number of esters is 1. The van der Waals surface area contributed by atoms with Crippen LogP contribution in [0, 0.1) is 5.41 Å². The van der Waals surface area contributed by atoms with Crippen molar-refractivity contribution in [2.24, 2.45) is 5.41 Å². The molecule has 0 aliphatic carbocycles. The Morgan fingerprint density at radius 3 is 2.60 bits per heavy atom. The molecule has 1 saturated heterocycles. The number of hydrogen-bond donors (Lipinski definition) is 1. The number of ether oxygens (including phenoxy) is 1. The van der Waals surface area contributed by atoms with Crippen LogP contribution >= 0.6 is 0 Å². The van der Waals surface area contributed by atoms with E-state index in [1.165, 1.54) is 0 Å². The first kappa shape index (κ1) is 14.7. The number of piperidine rings is 1. The van der Waals surface area contributed by atoms with E-state index in [2.05, 4.69) is 18.7 Å². The number of hydrogen-bond acceptors (Lipinski definition) is 4. The lowest BCUT2D eigenvalue weighted by molar-refractivity contribution is 0.0526. The first-order chi connectivity index (χ1) is 9.43. The third-order valence-electron chi connectivity index (χ3n) is 4.00. The van der Waals surface area contributed by atoms with Gasteiger partial charge in [-0.1, -0.05) is 13.8 Å². The van der Waals surface area contributed by atoms with Crippen molar-refractivity contribution in [1.82, 2.24) is 0 Å². The molecule has 0 bridgehead atoms. The van der Waals surface area contributed by atoms with Crippen molar-refractivity contribution in [2.75, 3.05) is 30.3 Å². The first-order valence-corrected chi connectivity index (χ1v) is 7.24. The average molecular weight is 276 g/mol. The number of carbonyl (C=O) groups excluding carboxylic acids is 1. The van der Waals surface area contributed by atoms with Gasteiger partial charge in [0.2, 0.25) is 0 Å². The molecule has 0 radical (unpaired) electrons. The third kappa shape index (κ3) is 3.24. The van der Waals surface area contributed by atoms with Crippen LogP contribution in [-0.4, -0.2) is 25.7 Å². The normalized spacial score (nSPS) is 17.9. The van der Waals surface area contributed by atoms with Gasteiger partial charge in [-0.25, -0.2) is 4.79 Å². The minimum absolute atomic E-state index is 0.286. The lowest BCUT2D eigenvalue weighted by atomic mass is 9.82. The fourth-order valence-electron chi connectivity index (χ4n) is 2.51. The van der Waals surface area contributed by atoms with Crippen molar-refractivity contribution >= 4 is 17.3 Å². The molecule has 0 spiro atoms.